The predicted molar refractivity (Wildman–Crippen MR) is 81.3 cm³/mol. The van der Waals surface area contributed by atoms with Crippen molar-refractivity contribution in [1.82, 2.24) is 15.8 Å². The second-order valence-electron chi connectivity index (χ2n) is 5.53. The molecule has 0 aromatic heterocycles. The maximum absolute atomic E-state index is 13.8. The standard InChI is InChI=1S/C14H16Cl2FN3O2/c1-22-14(21)20-3-2-12-8(6-20)13(19-18-12)7-4-11(17)10(16)5-9(7)15/h4-5,8,12-13,18-19H,2-3,6H2,1H3. The number of hydrogen-bond acceptors (Lipinski definition) is 4. The fourth-order valence-electron chi connectivity index (χ4n) is 3.18. The number of methoxy groups -OCH3 is 1. The molecule has 3 unspecified atom stereocenters. The number of rotatable bonds is 1. The minimum absolute atomic E-state index is 0.00362. The molecule has 8 heteroatoms. The van der Waals surface area contributed by atoms with E-state index in [1.807, 2.05) is 0 Å². The van der Waals surface area contributed by atoms with E-state index in [2.05, 4.69) is 10.9 Å². The molecule has 0 saturated carbocycles. The highest BCUT2D eigenvalue weighted by Crippen LogP contribution is 2.38. The molecule has 3 atom stereocenters. The number of hydrogen-bond donors (Lipinski definition) is 2. The number of halogens is 3. The van der Waals surface area contributed by atoms with Crippen molar-refractivity contribution in [2.24, 2.45) is 5.92 Å². The Bertz CT molecular complexity index is 602. The summed E-state index contributed by atoms with van der Waals surface area (Å²) in [6.07, 6.45) is 0.439. The average Bonchev–Trinajstić information content (AvgIpc) is 2.93. The van der Waals surface area contributed by atoms with E-state index in [9.17, 15) is 9.18 Å². The van der Waals surface area contributed by atoms with Gasteiger partial charge in [0.1, 0.15) is 5.82 Å². The summed E-state index contributed by atoms with van der Waals surface area (Å²) in [5.41, 5.74) is 6.99. The summed E-state index contributed by atoms with van der Waals surface area (Å²) >= 11 is 12.0. The number of amides is 1. The van der Waals surface area contributed by atoms with E-state index in [-0.39, 0.29) is 29.1 Å². The zero-order valence-corrected chi connectivity index (χ0v) is 13.4. The molecule has 2 aliphatic rings. The number of nitrogens with one attached hydrogen (secondary N) is 2. The van der Waals surface area contributed by atoms with E-state index in [1.54, 1.807) is 4.90 Å². The molecule has 5 nitrogen and oxygen atoms in total. The van der Waals surface area contributed by atoms with Crippen LogP contribution in [0.4, 0.5) is 9.18 Å². The minimum atomic E-state index is -0.507. The molecule has 0 spiro atoms. The molecule has 1 amide bonds. The van der Waals surface area contributed by atoms with Crippen molar-refractivity contribution in [3.63, 3.8) is 0 Å². The van der Waals surface area contributed by atoms with Gasteiger partial charge in [-0.1, -0.05) is 23.2 Å². The molecule has 0 bridgehead atoms. The SMILES string of the molecule is COC(=O)N1CCC2NNC(c3cc(F)c(Cl)cc3Cl)C2C1. The fourth-order valence-corrected chi connectivity index (χ4v) is 3.68. The zero-order valence-electron chi connectivity index (χ0n) is 11.9. The zero-order chi connectivity index (χ0) is 15.9. The Kier molecular flexibility index (Phi) is 4.45. The number of piperidine rings is 1. The third-order valence-electron chi connectivity index (χ3n) is 4.32. The third-order valence-corrected chi connectivity index (χ3v) is 4.93. The second-order valence-corrected chi connectivity index (χ2v) is 6.34. The van der Waals surface area contributed by atoms with E-state index < -0.39 is 5.82 Å². The van der Waals surface area contributed by atoms with Crippen molar-refractivity contribution in [3.8, 4) is 0 Å². The van der Waals surface area contributed by atoms with Crippen molar-refractivity contribution >= 4 is 29.3 Å². The first-order chi connectivity index (χ1) is 10.5. The summed E-state index contributed by atoms with van der Waals surface area (Å²) in [6, 6.07) is 2.75. The first-order valence-corrected chi connectivity index (χ1v) is 7.75. The number of nitrogens with zero attached hydrogens (tertiary/aromatic N) is 1. The average molecular weight is 348 g/mol. The van der Waals surface area contributed by atoms with Gasteiger partial charge in [-0.05, 0) is 24.1 Å². The molecule has 2 aliphatic heterocycles. The van der Waals surface area contributed by atoms with Gasteiger partial charge in [0.25, 0.3) is 0 Å². The monoisotopic (exact) mass is 347 g/mol. The molecule has 22 heavy (non-hydrogen) atoms. The molecular weight excluding hydrogens is 332 g/mol. The van der Waals surface area contributed by atoms with Crippen molar-refractivity contribution < 1.29 is 13.9 Å². The van der Waals surface area contributed by atoms with Gasteiger partial charge in [0.05, 0.1) is 18.2 Å². The van der Waals surface area contributed by atoms with Crippen LogP contribution in [-0.2, 0) is 4.74 Å². The smallest absolute Gasteiger partial charge is 0.409 e. The summed E-state index contributed by atoms with van der Waals surface area (Å²) in [4.78, 5) is 13.4. The molecule has 0 aliphatic carbocycles. The molecule has 2 heterocycles. The van der Waals surface area contributed by atoms with Crippen LogP contribution in [0, 0.1) is 11.7 Å². The van der Waals surface area contributed by atoms with Gasteiger partial charge in [0, 0.05) is 30.1 Å². The lowest BCUT2D eigenvalue weighted by atomic mass is 9.85. The Labute approximate surface area is 137 Å². The van der Waals surface area contributed by atoms with Crippen LogP contribution in [0.25, 0.3) is 0 Å². The van der Waals surface area contributed by atoms with Gasteiger partial charge >= 0.3 is 6.09 Å². The Hall–Kier alpha value is -1.08. The maximum Gasteiger partial charge on any atom is 0.409 e. The molecule has 2 N–H and O–H groups in total. The van der Waals surface area contributed by atoms with Gasteiger partial charge in [-0.15, -0.1) is 0 Å². The number of ether oxygens (including phenoxy) is 1. The van der Waals surface area contributed by atoms with E-state index in [0.717, 1.165) is 6.42 Å². The van der Waals surface area contributed by atoms with Crippen LogP contribution in [0.2, 0.25) is 10.0 Å². The van der Waals surface area contributed by atoms with Gasteiger partial charge in [-0.25, -0.2) is 14.6 Å². The first-order valence-electron chi connectivity index (χ1n) is 6.99. The number of carbonyl (C=O) groups is 1. The van der Waals surface area contributed by atoms with Gasteiger partial charge in [-0.3, -0.25) is 5.43 Å². The number of fused-ring (bicyclic) bond motifs is 1. The van der Waals surface area contributed by atoms with Gasteiger partial charge < -0.3 is 9.64 Å². The molecule has 0 radical (unpaired) electrons. The maximum atomic E-state index is 13.8. The Morgan fingerprint density at radius 2 is 2.14 bits per heavy atom. The molecule has 2 saturated heterocycles. The highest BCUT2D eigenvalue weighted by atomic mass is 35.5. The topological polar surface area (TPSA) is 53.6 Å². The molecular formula is C14H16Cl2FN3O2. The fraction of sp³-hybridized carbons (Fsp3) is 0.500. The quantitative estimate of drug-likeness (QED) is 0.767. The van der Waals surface area contributed by atoms with Crippen LogP contribution in [0.3, 0.4) is 0 Å². The van der Waals surface area contributed by atoms with Gasteiger partial charge in [-0.2, -0.15) is 0 Å². The highest BCUT2D eigenvalue weighted by molar-refractivity contribution is 6.35. The number of likely N-dealkylation sites (tertiary alicyclic amines) is 1. The van der Waals surface area contributed by atoms with Crippen LogP contribution in [0.1, 0.15) is 18.0 Å². The molecule has 1 aromatic carbocycles. The van der Waals surface area contributed by atoms with Crippen molar-refractivity contribution in [2.45, 2.75) is 18.5 Å². The number of hydrazine groups is 1. The predicted octanol–water partition coefficient (Wildman–Crippen LogP) is 2.74. The van der Waals surface area contributed by atoms with Crippen LogP contribution < -0.4 is 10.9 Å². The van der Waals surface area contributed by atoms with Crippen LogP contribution in [0.15, 0.2) is 12.1 Å². The lowest BCUT2D eigenvalue weighted by molar-refractivity contribution is 0.0964. The van der Waals surface area contributed by atoms with Gasteiger partial charge in [0.2, 0.25) is 0 Å². The number of carbonyl (C=O) groups excluding carboxylic acids is 1. The summed E-state index contributed by atoms with van der Waals surface area (Å²) in [5.74, 6) is -0.433. The van der Waals surface area contributed by atoms with Crippen LogP contribution in [-0.4, -0.2) is 37.2 Å². The van der Waals surface area contributed by atoms with Crippen molar-refractivity contribution in [1.29, 1.82) is 0 Å². The van der Waals surface area contributed by atoms with E-state index in [4.69, 9.17) is 27.9 Å². The minimum Gasteiger partial charge on any atom is -0.453 e. The van der Waals surface area contributed by atoms with E-state index in [0.29, 0.717) is 23.7 Å². The normalized spacial score (nSPS) is 27.6. The van der Waals surface area contributed by atoms with E-state index >= 15 is 0 Å². The Morgan fingerprint density at radius 3 is 2.86 bits per heavy atom. The second kappa shape index (κ2) is 6.20. The Balaban J connectivity index is 1.86. The molecule has 120 valence electrons. The summed E-state index contributed by atoms with van der Waals surface area (Å²) in [5, 5.41) is 0.401. The summed E-state index contributed by atoms with van der Waals surface area (Å²) < 4.78 is 18.6. The highest BCUT2D eigenvalue weighted by Gasteiger charge is 2.42. The van der Waals surface area contributed by atoms with Crippen molar-refractivity contribution in [3.05, 3.63) is 33.6 Å². The van der Waals surface area contributed by atoms with Crippen molar-refractivity contribution in [2.75, 3.05) is 20.2 Å². The molecule has 1 aromatic rings. The first kappa shape index (κ1) is 15.8. The summed E-state index contributed by atoms with van der Waals surface area (Å²) in [7, 11) is 1.36. The lowest BCUT2D eigenvalue weighted by Crippen LogP contribution is -2.47. The van der Waals surface area contributed by atoms with Gasteiger partial charge in [0.15, 0.2) is 0 Å². The Morgan fingerprint density at radius 1 is 1.36 bits per heavy atom. The van der Waals surface area contributed by atoms with E-state index in [1.165, 1.54) is 19.2 Å². The number of benzene rings is 1. The van der Waals surface area contributed by atoms with Crippen LogP contribution >= 0.6 is 23.2 Å². The lowest BCUT2D eigenvalue weighted by Gasteiger charge is -2.35. The molecule has 3 rings (SSSR count). The molecule has 2 fully saturated rings. The van der Waals surface area contributed by atoms with Crippen LogP contribution in [0.5, 0.6) is 0 Å². The largest absolute Gasteiger partial charge is 0.453 e. The summed E-state index contributed by atoms with van der Waals surface area (Å²) in [6.45, 7) is 1.14. The third kappa shape index (κ3) is 2.76.